The molecular formula is C22H17ClN2O4S. The highest BCUT2D eigenvalue weighted by Gasteiger charge is 2.48. The van der Waals surface area contributed by atoms with E-state index in [0.717, 1.165) is 10.6 Å². The number of aromatic hydroxyl groups is 1. The van der Waals surface area contributed by atoms with Crippen molar-refractivity contribution in [3.05, 3.63) is 80.8 Å². The molecule has 1 atom stereocenters. The number of nitrogens with zero attached hydrogens (tertiary/aromatic N) is 2. The van der Waals surface area contributed by atoms with Crippen LogP contribution in [0.2, 0.25) is 5.02 Å². The van der Waals surface area contributed by atoms with Crippen LogP contribution in [0.4, 0.5) is 5.13 Å². The molecule has 4 rings (SSSR count). The van der Waals surface area contributed by atoms with Gasteiger partial charge in [-0.05, 0) is 55.8 Å². The number of thiazole rings is 1. The zero-order valence-electron chi connectivity index (χ0n) is 16.1. The minimum Gasteiger partial charge on any atom is -0.508 e. The summed E-state index contributed by atoms with van der Waals surface area (Å²) in [5.41, 5.74) is 1.52. The summed E-state index contributed by atoms with van der Waals surface area (Å²) in [4.78, 5) is 32.7. The van der Waals surface area contributed by atoms with Gasteiger partial charge >= 0.3 is 5.91 Å². The molecular weight excluding hydrogens is 424 g/mol. The second kappa shape index (κ2) is 7.59. The Hall–Kier alpha value is -3.16. The molecule has 30 heavy (non-hydrogen) atoms. The van der Waals surface area contributed by atoms with Gasteiger partial charge in [-0.15, -0.1) is 11.3 Å². The van der Waals surface area contributed by atoms with Gasteiger partial charge in [0.2, 0.25) is 0 Å². The van der Waals surface area contributed by atoms with Crippen LogP contribution in [-0.4, -0.2) is 26.9 Å². The third-order valence-corrected chi connectivity index (χ3v) is 6.30. The van der Waals surface area contributed by atoms with Crippen LogP contribution in [0.25, 0.3) is 5.76 Å². The quantitative estimate of drug-likeness (QED) is 0.348. The van der Waals surface area contributed by atoms with E-state index in [2.05, 4.69) is 4.98 Å². The Kier molecular flexibility index (Phi) is 5.09. The fraction of sp³-hybridized carbons (Fsp3) is 0.136. The topological polar surface area (TPSA) is 90.7 Å². The number of ketones is 1. The Balaban J connectivity index is 1.96. The monoisotopic (exact) mass is 440 g/mol. The molecule has 8 heteroatoms. The third-order valence-electron chi connectivity index (χ3n) is 4.97. The van der Waals surface area contributed by atoms with E-state index in [0.29, 0.717) is 21.3 Å². The molecule has 1 aliphatic rings. The number of carbonyl (C=O) groups excluding carboxylic acids is 2. The van der Waals surface area contributed by atoms with E-state index in [-0.39, 0.29) is 17.1 Å². The summed E-state index contributed by atoms with van der Waals surface area (Å²) in [6, 6.07) is 11.6. The van der Waals surface area contributed by atoms with E-state index in [4.69, 9.17) is 11.6 Å². The van der Waals surface area contributed by atoms with Crippen LogP contribution >= 0.6 is 22.9 Å². The summed E-state index contributed by atoms with van der Waals surface area (Å²) in [7, 11) is 0. The third kappa shape index (κ3) is 3.36. The van der Waals surface area contributed by atoms with E-state index in [9.17, 15) is 19.8 Å². The second-order valence-electron chi connectivity index (χ2n) is 6.91. The van der Waals surface area contributed by atoms with Gasteiger partial charge < -0.3 is 10.2 Å². The predicted octanol–water partition coefficient (Wildman–Crippen LogP) is 4.75. The zero-order chi connectivity index (χ0) is 21.6. The average Bonchev–Trinajstić information content (AvgIpc) is 3.18. The number of hydrogen-bond donors (Lipinski definition) is 2. The highest BCUT2D eigenvalue weighted by Crippen LogP contribution is 2.44. The standard InChI is InChI=1S/C22H17ClN2O4S/c1-11-12(2)30-22(24-11)25-18(14-4-3-5-16(26)10-14)17(20(28)21(25)29)19(27)13-6-8-15(23)9-7-13/h3-10,18,26-27H,1-2H3/b19-17+/t18-/m0/s1. The van der Waals surface area contributed by atoms with Crippen LogP contribution in [0.5, 0.6) is 5.75 Å². The molecule has 1 aliphatic heterocycles. The van der Waals surface area contributed by atoms with Crippen molar-refractivity contribution in [2.75, 3.05) is 4.90 Å². The number of Topliss-reactive ketones (excluding diaryl/α,β-unsaturated/α-hetero) is 1. The van der Waals surface area contributed by atoms with Gasteiger partial charge in [-0.25, -0.2) is 4.98 Å². The number of halogens is 1. The fourth-order valence-electron chi connectivity index (χ4n) is 3.36. The molecule has 1 amide bonds. The summed E-state index contributed by atoms with van der Waals surface area (Å²) < 4.78 is 0. The summed E-state index contributed by atoms with van der Waals surface area (Å²) in [6.45, 7) is 3.70. The SMILES string of the molecule is Cc1nc(N2C(=O)C(=O)/C(=C(/O)c3ccc(Cl)cc3)[C@@H]2c2cccc(O)c2)sc1C. The van der Waals surface area contributed by atoms with Gasteiger partial charge in [0.15, 0.2) is 5.13 Å². The van der Waals surface area contributed by atoms with Gasteiger partial charge in [-0.3, -0.25) is 14.5 Å². The van der Waals surface area contributed by atoms with Crippen molar-refractivity contribution in [1.29, 1.82) is 0 Å². The number of aliphatic hydroxyl groups is 1. The minimum absolute atomic E-state index is 0.0175. The molecule has 152 valence electrons. The molecule has 0 spiro atoms. The number of aromatic nitrogens is 1. The number of hydrogen-bond acceptors (Lipinski definition) is 6. The molecule has 6 nitrogen and oxygen atoms in total. The maximum Gasteiger partial charge on any atom is 0.301 e. The van der Waals surface area contributed by atoms with Crippen molar-refractivity contribution in [1.82, 2.24) is 4.98 Å². The van der Waals surface area contributed by atoms with Gasteiger partial charge in [-0.2, -0.15) is 0 Å². The number of rotatable bonds is 3. The van der Waals surface area contributed by atoms with Crippen molar-refractivity contribution in [3.8, 4) is 5.75 Å². The number of phenols is 1. The molecule has 2 N–H and O–H groups in total. The lowest BCUT2D eigenvalue weighted by atomic mass is 9.95. The first-order valence-electron chi connectivity index (χ1n) is 9.08. The first-order valence-corrected chi connectivity index (χ1v) is 10.3. The zero-order valence-corrected chi connectivity index (χ0v) is 17.7. The molecule has 2 aromatic carbocycles. The maximum absolute atomic E-state index is 13.0. The van der Waals surface area contributed by atoms with Crippen LogP contribution in [0.3, 0.4) is 0 Å². The van der Waals surface area contributed by atoms with Crippen molar-refractivity contribution in [2.24, 2.45) is 0 Å². The number of anilines is 1. The maximum atomic E-state index is 13.0. The first kappa shape index (κ1) is 20.1. The second-order valence-corrected chi connectivity index (χ2v) is 8.53. The van der Waals surface area contributed by atoms with E-state index < -0.39 is 17.7 Å². The number of carbonyl (C=O) groups is 2. The fourth-order valence-corrected chi connectivity index (χ4v) is 4.42. The lowest BCUT2D eigenvalue weighted by Gasteiger charge is -2.23. The molecule has 3 aromatic rings. The van der Waals surface area contributed by atoms with Gasteiger partial charge in [-0.1, -0.05) is 23.7 Å². The van der Waals surface area contributed by atoms with Crippen LogP contribution in [-0.2, 0) is 9.59 Å². The minimum atomic E-state index is -0.933. The van der Waals surface area contributed by atoms with Crippen LogP contribution in [0, 0.1) is 13.8 Å². The molecule has 1 fully saturated rings. The Labute approximate surface area is 181 Å². The van der Waals surface area contributed by atoms with Crippen molar-refractivity contribution in [3.63, 3.8) is 0 Å². The van der Waals surface area contributed by atoms with E-state index in [1.54, 1.807) is 36.4 Å². The highest BCUT2D eigenvalue weighted by atomic mass is 35.5. The Morgan fingerprint density at radius 1 is 1.13 bits per heavy atom. The molecule has 0 saturated carbocycles. The molecule has 1 aromatic heterocycles. The average molecular weight is 441 g/mol. The summed E-state index contributed by atoms with van der Waals surface area (Å²) in [5, 5.41) is 21.8. The largest absolute Gasteiger partial charge is 0.508 e. The number of aryl methyl sites for hydroxylation is 2. The van der Waals surface area contributed by atoms with Crippen molar-refractivity contribution in [2.45, 2.75) is 19.9 Å². The van der Waals surface area contributed by atoms with Crippen LogP contribution < -0.4 is 4.90 Å². The number of benzene rings is 2. The van der Waals surface area contributed by atoms with E-state index in [1.807, 2.05) is 13.8 Å². The Morgan fingerprint density at radius 3 is 2.43 bits per heavy atom. The number of phenolic OH excluding ortho intramolecular Hbond substituents is 1. The summed E-state index contributed by atoms with van der Waals surface area (Å²) in [5.74, 6) is -1.93. The summed E-state index contributed by atoms with van der Waals surface area (Å²) >= 11 is 7.22. The number of amides is 1. The van der Waals surface area contributed by atoms with Gasteiger partial charge in [0.1, 0.15) is 11.5 Å². The molecule has 0 radical (unpaired) electrons. The molecule has 1 saturated heterocycles. The van der Waals surface area contributed by atoms with Crippen molar-refractivity contribution >= 4 is 45.5 Å². The molecule has 0 unspecified atom stereocenters. The summed E-state index contributed by atoms with van der Waals surface area (Å²) in [6.07, 6.45) is 0. The molecule has 0 aliphatic carbocycles. The van der Waals surface area contributed by atoms with Gasteiger partial charge in [0, 0.05) is 15.5 Å². The van der Waals surface area contributed by atoms with Crippen LogP contribution in [0.15, 0.2) is 54.1 Å². The first-order chi connectivity index (χ1) is 14.3. The Morgan fingerprint density at radius 2 is 1.83 bits per heavy atom. The number of aliphatic hydroxyl groups excluding tert-OH is 1. The predicted molar refractivity (Wildman–Crippen MR) is 116 cm³/mol. The molecule has 0 bridgehead atoms. The Bertz CT molecular complexity index is 1180. The van der Waals surface area contributed by atoms with E-state index in [1.165, 1.54) is 28.4 Å². The van der Waals surface area contributed by atoms with E-state index >= 15 is 0 Å². The lowest BCUT2D eigenvalue weighted by Crippen LogP contribution is -2.29. The smallest absolute Gasteiger partial charge is 0.301 e. The highest BCUT2D eigenvalue weighted by molar-refractivity contribution is 7.16. The van der Waals surface area contributed by atoms with Gasteiger partial charge in [0.05, 0.1) is 17.3 Å². The molecule has 2 heterocycles. The van der Waals surface area contributed by atoms with Crippen molar-refractivity contribution < 1.29 is 19.8 Å². The van der Waals surface area contributed by atoms with Crippen LogP contribution in [0.1, 0.15) is 27.7 Å². The van der Waals surface area contributed by atoms with Gasteiger partial charge in [0.25, 0.3) is 5.78 Å². The normalized spacial score (nSPS) is 18.2. The lowest BCUT2D eigenvalue weighted by molar-refractivity contribution is -0.132.